The molecule has 1 aromatic carbocycles. The molecule has 1 saturated heterocycles. The summed E-state index contributed by atoms with van der Waals surface area (Å²) in [5.41, 5.74) is 2.47. The summed E-state index contributed by atoms with van der Waals surface area (Å²) in [5.74, 6) is 1.20. The van der Waals surface area contributed by atoms with E-state index in [1.807, 2.05) is 6.92 Å². The van der Waals surface area contributed by atoms with Gasteiger partial charge in [0.15, 0.2) is 0 Å². The standard InChI is InChI=1S/C24H34N6O3S/c1-3-34(32,33)29-19-10-11-20-21(15-19)30-13-7-9-18(16-30)8-5-4-6-12-25-24-26-17(2)14-22(28-24)27-23(20)31/h10-11,14-15,18,29H,3-9,12-13,16H2,1-2H3,(H2,25,26,27,28,31)/t18-/m1/s1. The van der Waals surface area contributed by atoms with E-state index in [0.29, 0.717) is 28.9 Å². The molecule has 1 aromatic heterocycles. The van der Waals surface area contributed by atoms with E-state index in [-0.39, 0.29) is 11.7 Å². The maximum atomic E-state index is 13.4. The molecule has 1 amide bonds. The normalized spacial score (nSPS) is 19.5. The second-order valence-corrected chi connectivity index (χ2v) is 11.2. The van der Waals surface area contributed by atoms with Gasteiger partial charge < -0.3 is 15.5 Å². The summed E-state index contributed by atoms with van der Waals surface area (Å²) in [5, 5.41) is 6.19. The number of sulfonamides is 1. The molecule has 2 aliphatic heterocycles. The molecule has 2 aromatic rings. The van der Waals surface area contributed by atoms with Crippen molar-refractivity contribution in [1.82, 2.24) is 9.97 Å². The molecule has 34 heavy (non-hydrogen) atoms. The van der Waals surface area contributed by atoms with Crippen molar-refractivity contribution in [1.29, 1.82) is 0 Å². The number of aromatic nitrogens is 2. The van der Waals surface area contributed by atoms with Crippen molar-refractivity contribution >= 4 is 39.1 Å². The number of fused-ring (bicyclic) bond motifs is 6. The number of carbonyl (C=O) groups is 1. The van der Waals surface area contributed by atoms with Crippen molar-refractivity contribution in [3.63, 3.8) is 0 Å². The zero-order valence-electron chi connectivity index (χ0n) is 19.9. The molecule has 1 fully saturated rings. The minimum Gasteiger partial charge on any atom is -0.371 e. The van der Waals surface area contributed by atoms with Gasteiger partial charge in [0.2, 0.25) is 16.0 Å². The van der Waals surface area contributed by atoms with E-state index in [0.717, 1.165) is 63.1 Å². The first-order chi connectivity index (χ1) is 16.3. The summed E-state index contributed by atoms with van der Waals surface area (Å²) >= 11 is 0. The SMILES string of the molecule is CCS(=O)(=O)Nc1ccc2c(c1)N1CCC[C@@H](CCCCCNc3nc(C)cc(n3)NC2=O)C1. The molecular formula is C24H34N6O3S. The average Bonchev–Trinajstić information content (AvgIpc) is 2.80. The molecule has 10 heteroatoms. The van der Waals surface area contributed by atoms with E-state index >= 15 is 0 Å². The van der Waals surface area contributed by atoms with Gasteiger partial charge in [0, 0.05) is 31.4 Å². The molecule has 0 aliphatic carbocycles. The predicted molar refractivity (Wildman–Crippen MR) is 136 cm³/mol. The molecular weight excluding hydrogens is 452 g/mol. The molecule has 0 radical (unpaired) electrons. The van der Waals surface area contributed by atoms with Crippen LogP contribution in [0.1, 0.15) is 61.5 Å². The number of hydrogen-bond donors (Lipinski definition) is 3. The zero-order chi connectivity index (χ0) is 24.1. The Kier molecular flexibility index (Phi) is 7.55. The second-order valence-electron chi connectivity index (χ2n) is 9.14. The molecule has 0 saturated carbocycles. The van der Waals surface area contributed by atoms with Crippen molar-refractivity contribution in [2.75, 3.05) is 45.6 Å². The van der Waals surface area contributed by atoms with Crippen LogP contribution < -0.4 is 20.3 Å². The van der Waals surface area contributed by atoms with Gasteiger partial charge in [-0.25, -0.2) is 13.4 Å². The fourth-order valence-electron chi connectivity index (χ4n) is 4.65. The number of amides is 1. The highest BCUT2D eigenvalue weighted by molar-refractivity contribution is 7.92. The highest BCUT2D eigenvalue weighted by atomic mass is 32.2. The third-order valence-electron chi connectivity index (χ3n) is 6.42. The number of nitrogens with zero attached hydrogens (tertiary/aromatic N) is 3. The first-order valence-corrected chi connectivity index (χ1v) is 13.8. The van der Waals surface area contributed by atoms with Crippen LogP contribution in [0.15, 0.2) is 24.3 Å². The Morgan fingerprint density at radius 2 is 1.94 bits per heavy atom. The number of nitrogens with one attached hydrogen (secondary N) is 3. The Labute approximate surface area is 201 Å². The number of hydrogen-bond acceptors (Lipinski definition) is 7. The minimum absolute atomic E-state index is 0.0141. The third-order valence-corrected chi connectivity index (χ3v) is 7.73. The van der Waals surface area contributed by atoms with Crippen molar-refractivity contribution < 1.29 is 13.2 Å². The van der Waals surface area contributed by atoms with Gasteiger partial charge in [0.25, 0.3) is 5.91 Å². The van der Waals surface area contributed by atoms with Crippen LogP contribution in [0.2, 0.25) is 0 Å². The van der Waals surface area contributed by atoms with E-state index < -0.39 is 10.0 Å². The van der Waals surface area contributed by atoms with Crippen LogP contribution in [-0.4, -0.2) is 49.7 Å². The van der Waals surface area contributed by atoms with Crippen LogP contribution in [0.4, 0.5) is 23.1 Å². The lowest BCUT2D eigenvalue weighted by Crippen LogP contribution is -2.36. The molecule has 0 unspecified atom stereocenters. The van der Waals surface area contributed by atoms with Crippen molar-refractivity contribution in [3.8, 4) is 0 Å². The lowest BCUT2D eigenvalue weighted by atomic mass is 9.91. The van der Waals surface area contributed by atoms with Crippen LogP contribution in [0.25, 0.3) is 0 Å². The third kappa shape index (κ3) is 6.16. The van der Waals surface area contributed by atoms with Gasteiger partial charge in [-0.15, -0.1) is 0 Å². The Hall–Kier alpha value is -2.88. The predicted octanol–water partition coefficient (Wildman–Crippen LogP) is 4.00. The molecule has 9 nitrogen and oxygen atoms in total. The molecule has 0 spiro atoms. The summed E-state index contributed by atoms with van der Waals surface area (Å²) in [6, 6.07) is 6.86. The van der Waals surface area contributed by atoms with E-state index in [4.69, 9.17) is 0 Å². The topological polar surface area (TPSA) is 116 Å². The lowest BCUT2D eigenvalue weighted by Gasteiger charge is -2.36. The number of anilines is 4. The molecule has 4 bridgehead atoms. The fourth-order valence-corrected chi connectivity index (χ4v) is 5.28. The summed E-state index contributed by atoms with van der Waals surface area (Å²) in [4.78, 5) is 24.5. The fraction of sp³-hybridized carbons (Fsp3) is 0.542. The Morgan fingerprint density at radius 1 is 1.12 bits per heavy atom. The number of benzene rings is 1. The Balaban J connectivity index is 1.72. The lowest BCUT2D eigenvalue weighted by molar-refractivity contribution is 0.102. The molecule has 4 rings (SSSR count). The van der Waals surface area contributed by atoms with Gasteiger partial charge in [-0.3, -0.25) is 9.52 Å². The van der Waals surface area contributed by atoms with Crippen LogP contribution in [0, 0.1) is 12.8 Å². The molecule has 2 aliphatic rings. The van der Waals surface area contributed by atoms with Crippen LogP contribution in [-0.2, 0) is 10.0 Å². The quantitative estimate of drug-likeness (QED) is 0.600. The van der Waals surface area contributed by atoms with Gasteiger partial charge >= 0.3 is 0 Å². The van der Waals surface area contributed by atoms with E-state index in [9.17, 15) is 13.2 Å². The van der Waals surface area contributed by atoms with Crippen LogP contribution in [0.3, 0.4) is 0 Å². The maximum Gasteiger partial charge on any atom is 0.258 e. The number of rotatable bonds is 3. The maximum absolute atomic E-state index is 13.4. The van der Waals surface area contributed by atoms with Crippen molar-refractivity contribution in [2.45, 2.75) is 52.4 Å². The van der Waals surface area contributed by atoms with Gasteiger partial charge in [0.05, 0.1) is 22.7 Å². The number of aryl methyl sites for hydroxylation is 1. The van der Waals surface area contributed by atoms with Gasteiger partial charge in [-0.05, 0) is 63.6 Å². The minimum atomic E-state index is -3.42. The second kappa shape index (κ2) is 10.6. The molecule has 1 atom stereocenters. The van der Waals surface area contributed by atoms with Gasteiger partial charge in [0.1, 0.15) is 5.82 Å². The summed E-state index contributed by atoms with van der Waals surface area (Å²) < 4.78 is 26.9. The number of carbonyl (C=O) groups excluding carboxylic acids is 1. The molecule has 3 N–H and O–H groups in total. The van der Waals surface area contributed by atoms with E-state index in [1.165, 1.54) is 6.42 Å². The smallest absolute Gasteiger partial charge is 0.258 e. The monoisotopic (exact) mass is 486 g/mol. The van der Waals surface area contributed by atoms with Crippen molar-refractivity contribution in [3.05, 3.63) is 35.5 Å². The van der Waals surface area contributed by atoms with Crippen LogP contribution in [0.5, 0.6) is 0 Å². The highest BCUT2D eigenvalue weighted by Gasteiger charge is 2.25. The van der Waals surface area contributed by atoms with Gasteiger partial charge in [-0.2, -0.15) is 4.98 Å². The van der Waals surface area contributed by atoms with Crippen LogP contribution >= 0.6 is 0 Å². The zero-order valence-corrected chi connectivity index (χ0v) is 20.7. The largest absolute Gasteiger partial charge is 0.371 e. The molecule has 3 heterocycles. The Morgan fingerprint density at radius 3 is 2.76 bits per heavy atom. The summed E-state index contributed by atoms with van der Waals surface area (Å²) in [6.45, 7) is 5.96. The molecule has 184 valence electrons. The Bertz CT molecular complexity index is 1140. The first kappa shape index (κ1) is 24.3. The van der Waals surface area contributed by atoms with E-state index in [2.05, 4.69) is 30.2 Å². The summed E-state index contributed by atoms with van der Waals surface area (Å²) in [6.07, 6.45) is 6.70. The van der Waals surface area contributed by atoms with Crippen molar-refractivity contribution in [2.24, 2.45) is 5.92 Å². The average molecular weight is 487 g/mol. The summed E-state index contributed by atoms with van der Waals surface area (Å²) in [7, 11) is -3.42. The number of piperidine rings is 1. The highest BCUT2D eigenvalue weighted by Crippen LogP contribution is 2.32. The van der Waals surface area contributed by atoms with E-state index in [1.54, 1.807) is 31.2 Å². The van der Waals surface area contributed by atoms with Gasteiger partial charge in [-0.1, -0.05) is 12.8 Å². The first-order valence-electron chi connectivity index (χ1n) is 12.1.